The molecule has 1 amide bonds. The lowest BCUT2D eigenvalue weighted by Gasteiger charge is -2.10. The van der Waals surface area contributed by atoms with E-state index in [4.69, 9.17) is 9.47 Å². The zero-order valence-electron chi connectivity index (χ0n) is 12.1. The Balaban J connectivity index is 2.12. The largest absolute Gasteiger partial charge is 0.493 e. The number of nitrogens with one attached hydrogen (secondary N) is 3. The molecule has 22 heavy (non-hydrogen) atoms. The molecule has 8 nitrogen and oxygen atoms in total. The number of hydrogen-bond acceptors (Lipinski definition) is 5. The lowest BCUT2D eigenvalue weighted by molar-refractivity contribution is -0.115. The van der Waals surface area contributed by atoms with Crippen molar-refractivity contribution >= 4 is 11.6 Å². The quantitative estimate of drug-likeness (QED) is 0.733. The second-order valence-corrected chi connectivity index (χ2v) is 4.41. The number of benzene rings is 1. The summed E-state index contributed by atoms with van der Waals surface area (Å²) < 4.78 is 10.2. The van der Waals surface area contributed by atoms with Crippen molar-refractivity contribution in [1.82, 2.24) is 9.97 Å². The molecule has 0 atom stereocenters. The third kappa shape index (κ3) is 3.75. The Morgan fingerprint density at radius 3 is 2.45 bits per heavy atom. The summed E-state index contributed by atoms with van der Waals surface area (Å²) >= 11 is 0. The van der Waals surface area contributed by atoms with Crippen LogP contribution in [0, 0.1) is 0 Å². The predicted octanol–water partition coefficient (Wildman–Crippen LogP) is 0.262. The molecule has 0 saturated heterocycles. The second kappa shape index (κ2) is 6.61. The van der Waals surface area contributed by atoms with Crippen LogP contribution >= 0.6 is 0 Å². The molecule has 0 spiro atoms. The molecule has 1 aromatic heterocycles. The minimum Gasteiger partial charge on any atom is -0.493 e. The molecule has 0 aliphatic rings. The molecule has 1 heterocycles. The van der Waals surface area contributed by atoms with E-state index < -0.39 is 11.2 Å². The van der Waals surface area contributed by atoms with E-state index in [1.54, 1.807) is 18.2 Å². The normalized spacial score (nSPS) is 10.1. The van der Waals surface area contributed by atoms with Gasteiger partial charge in [0, 0.05) is 23.5 Å². The van der Waals surface area contributed by atoms with Gasteiger partial charge in [0.1, 0.15) is 0 Å². The molecule has 3 N–H and O–H groups in total. The third-order valence-electron chi connectivity index (χ3n) is 2.83. The van der Waals surface area contributed by atoms with Gasteiger partial charge in [-0.05, 0) is 12.1 Å². The van der Waals surface area contributed by atoms with E-state index in [1.165, 1.54) is 14.2 Å². The van der Waals surface area contributed by atoms with Crippen LogP contribution in [0.3, 0.4) is 0 Å². The first kappa shape index (κ1) is 15.4. The molecule has 0 bridgehead atoms. The Hall–Kier alpha value is -3.03. The number of anilines is 1. The van der Waals surface area contributed by atoms with E-state index in [-0.39, 0.29) is 18.0 Å². The van der Waals surface area contributed by atoms with E-state index in [1.807, 2.05) is 4.98 Å². The number of carbonyl (C=O) groups is 1. The first-order valence-electron chi connectivity index (χ1n) is 6.36. The van der Waals surface area contributed by atoms with Gasteiger partial charge in [0.25, 0.3) is 5.56 Å². The minimum absolute atomic E-state index is 0.131. The lowest BCUT2D eigenvalue weighted by Crippen LogP contribution is -2.25. The number of methoxy groups -OCH3 is 2. The second-order valence-electron chi connectivity index (χ2n) is 4.41. The zero-order chi connectivity index (χ0) is 16.1. The van der Waals surface area contributed by atoms with Gasteiger partial charge in [0.15, 0.2) is 11.5 Å². The first-order valence-corrected chi connectivity index (χ1v) is 6.36. The van der Waals surface area contributed by atoms with Gasteiger partial charge in [-0.25, -0.2) is 4.79 Å². The highest BCUT2D eigenvalue weighted by molar-refractivity contribution is 5.92. The van der Waals surface area contributed by atoms with Crippen molar-refractivity contribution in [3.05, 3.63) is 50.8 Å². The van der Waals surface area contributed by atoms with Crippen molar-refractivity contribution in [3.63, 3.8) is 0 Å². The van der Waals surface area contributed by atoms with Crippen molar-refractivity contribution in [2.24, 2.45) is 0 Å². The Kier molecular flexibility index (Phi) is 4.62. The molecule has 0 aliphatic heterocycles. The monoisotopic (exact) mass is 305 g/mol. The Morgan fingerprint density at radius 2 is 1.82 bits per heavy atom. The van der Waals surface area contributed by atoms with Crippen molar-refractivity contribution in [1.29, 1.82) is 0 Å². The topological polar surface area (TPSA) is 113 Å². The molecule has 0 unspecified atom stereocenters. The Morgan fingerprint density at radius 1 is 1.09 bits per heavy atom. The van der Waals surface area contributed by atoms with Crippen LogP contribution in [0.4, 0.5) is 5.69 Å². The maximum atomic E-state index is 11.9. The summed E-state index contributed by atoms with van der Waals surface area (Å²) in [5.74, 6) is 0.637. The number of ether oxygens (including phenoxy) is 2. The summed E-state index contributed by atoms with van der Waals surface area (Å²) in [5, 5.41) is 2.65. The van der Waals surface area contributed by atoms with Crippen LogP contribution < -0.4 is 26.0 Å². The van der Waals surface area contributed by atoms with Gasteiger partial charge in [-0.1, -0.05) is 0 Å². The van der Waals surface area contributed by atoms with Crippen molar-refractivity contribution in [2.45, 2.75) is 6.42 Å². The van der Waals surface area contributed by atoms with Gasteiger partial charge in [-0.15, -0.1) is 0 Å². The smallest absolute Gasteiger partial charge is 0.325 e. The van der Waals surface area contributed by atoms with E-state index in [0.29, 0.717) is 17.2 Å². The highest BCUT2D eigenvalue weighted by Crippen LogP contribution is 2.29. The molecule has 0 saturated carbocycles. The van der Waals surface area contributed by atoms with Gasteiger partial charge in [0.05, 0.1) is 20.6 Å². The predicted molar refractivity (Wildman–Crippen MR) is 79.6 cm³/mol. The summed E-state index contributed by atoms with van der Waals surface area (Å²) in [5.41, 5.74) is -0.472. The molecule has 0 aliphatic carbocycles. The standard InChI is InChI=1S/C14H15N3O5/c1-21-10-4-3-8(5-11(10)22-2)15-12(18)6-9-7-13(19)17-14(20)16-9/h3-5,7H,6H2,1-2H3,(H,15,18)(H2,16,17,19,20). The van der Waals surface area contributed by atoms with Crippen LogP contribution in [-0.2, 0) is 11.2 Å². The van der Waals surface area contributed by atoms with Crippen LogP contribution in [0.15, 0.2) is 33.9 Å². The average Bonchev–Trinajstić information content (AvgIpc) is 2.45. The summed E-state index contributed by atoms with van der Waals surface area (Å²) in [6.45, 7) is 0. The molecule has 8 heteroatoms. The van der Waals surface area contributed by atoms with E-state index in [9.17, 15) is 14.4 Å². The molecule has 0 fully saturated rings. The fraction of sp³-hybridized carbons (Fsp3) is 0.214. The Labute approximate surface area is 125 Å². The summed E-state index contributed by atoms with van der Waals surface area (Å²) in [7, 11) is 3.00. The summed E-state index contributed by atoms with van der Waals surface area (Å²) in [6.07, 6.45) is -0.131. The summed E-state index contributed by atoms with van der Waals surface area (Å²) in [4.78, 5) is 38.7. The number of aromatic nitrogens is 2. The van der Waals surface area contributed by atoms with Gasteiger partial charge >= 0.3 is 5.69 Å². The number of amides is 1. The van der Waals surface area contributed by atoms with Crippen LogP contribution in [-0.4, -0.2) is 30.1 Å². The molecule has 116 valence electrons. The first-order chi connectivity index (χ1) is 10.5. The number of hydrogen-bond donors (Lipinski definition) is 3. The summed E-state index contributed by atoms with van der Waals surface area (Å²) in [6, 6.07) is 6.08. The number of carbonyl (C=O) groups excluding carboxylic acids is 1. The van der Waals surface area contributed by atoms with Crippen LogP contribution in [0.5, 0.6) is 11.5 Å². The van der Waals surface area contributed by atoms with Gasteiger partial charge in [0.2, 0.25) is 5.91 Å². The number of aromatic amines is 2. The van der Waals surface area contributed by atoms with Gasteiger partial charge < -0.3 is 19.8 Å². The van der Waals surface area contributed by atoms with Crippen molar-refractivity contribution < 1.29 is 14.3 Å². The fourth-order valence-electron chi connectivity index (χ4n) is 1.91. The van der Waals surface area contributed by atoms with Crippen LogP contribution in [0.25, 0.3) is 0 Å². The molecular weight excluding hydrogens is 290 g/mol. The molecular formula is C14H15N3O5. The number of rotatable bonds is 5. The maximum absolute atomic E-state index is 11.9. The molecule has 2 rings (SSSR count). The van der Waals surface area contributed by atoms with Crippen LogP contribution in [0.2, 0.25) is 0 Å². The maximum Gasteiger partial charge on any atom is 0.325 e. The third-order valence-corrected chi connectivity index (χ3v) is 2.83. The molecule has 0 radical (unpaired) electrons. The van der Waals surface area contributed by atoms with Gasteiger partial charge in [-0.2, -0.15) is 0 Å². The fourth-order valence-corrected chi connectivity index (χ4v) is 1.91. The SMILES string of the molecule is COc1ccc(NC(=O)Cc2cc(=O)[nH]c(=O)[nH]2)cc1OC. The van der Waals surface area contributed by atoms with E-state index >= 15 is 0 Å². The van der Waals surface area contributed by atoms with Crippen LogP contribution in [0.1, 0.15) is 5.69 Å². The Bertz CT molecular complexity index is 765. The highest BCUT2D eigenvalue weighted by Gasteiger charge is 2.09. The van der Waals surface area contributed by atoms with E-state index in [2.05, 4.69) is 10.3 Å². The lowest BCUT2D eigenvalue weighted by atomic mass is 10.2. The minimum atomic E-state index is -0.651. The molecule has 1 aromatic carbocycles. The average molecular weight is 305 g/mol. The van der Waals surface area contributed by atoms with Crippen molar-refractivity contribution in [3.8, 4) is 11.5 Å². The van der Waals surface area contributed by atoms with Gasteiger partial charge in [-0.3, -0.25) is 14.6 Å². The highest BCUT2D eigenvalue weighted by atomic mass is 16.5. The molecule has 2 aromatic rings. The zero-order valence-corrected chi connectivity index (χ0v) is 12.1. The number of H-pyrrole nitrogens is 2. The van der Waals surface area contributed by atoms with E-state index in [0.717, 1.165) is 6.07 Å². The van der Waals surface area contributed by atoms with Crippen molar-refractivity contribution in [2.75, 3.05) is 19.5 Å².